The maximum atomic E-state index is 8.97. The average molecular weight is 405 g/mol. The second-order valence-corrected chi connectivity index (χ2v) is 8.93. The Hall–Kier alpha value is -3.19. The van der Waals surface area contributed by atoms with Gasteiger partial charge in [-0.15, -0.1) is 0 Å². The summed E-state index contributed by atoms with van der Waals surface area (Å²) in [6.45, 7) is 2.19. The smallest absolute Gasteiger partial charge is 0.201 e. The standard InChI is InChI=1S/C30H28N/c1-20-10-15-26-25-9-5-8-23-7-4-3-6-21-11-13-22(14-12-21)24-16-17-31(2)29(18-24)30(20)28(26)19-27(23)25/h5,8-18H,3-4,6-7,19H2,1-2H3/q+1/i7D2. The van der Waals surface area contributed by atoms with Crippen LogP contribution in [0.3, 0.4) is 0 Å². The molecule has 0 saturated carbocycles. The Balaban J connectivity index is 1.65. The molecule has 0 radical (unpaired) electrons. The number of nitrogens with zero attached hydrogens (tertiary/aromatic N) is 1. The molecule has 3 aliphatic rings. The topological polar surface area (TPSA) is 3.88 Å². The van der Waals surface area contributed by atoms with E-state index in [1.165, 1.54) is 55.8 Å². The molecule has 0 aliphatic heterocycles. The van der Waals surface area contributed by atoms with Crippen molar-refractivity contribution in [2.45, 2.75) is 39.0 Å². The lowest BCUT2D eigenvalue weighted by molar-refractivity contribution is -0.660. The molecule has 0 amide bonds. The van der Waals surface area contributed by atoms with Gasteiger partial charge in [0.2, 0.25) is 5.69 Å². The molecule has 0 saturated heterocycles. The predicted molar refractivity (Wildman–Crippen MR) is 128 cm³/mol. The van der Waals surface area contributed by atoms with Gasteiger partial charge in [-0.05, 0) is 89.1 Å². The van der Waals surface area contributed by atoms with Crippen LogP contribution in [-0.4, -0.2) is 0 Å². The van der Waals surface area contributed by atoms with E-state index in [9.17, 15) is 0 Å². The van der Waals surface area contributed by atoms with Crippen LogP contribution in [0.25, 0.3) is 33.5 Å². The lowest BCUT2D eigenvalue weighted by Crippen LogP contribution is -2.31. The Bertz CT molecular complexity index is 1400. The van der Waals surface area contributed by atoms with Gasteiger partial charge in [0.05, 0.1) is 5.56 Å². The van der Waals surface area contributed by atoms with Crippen LogP contribution in [0.1, 0.15) is 43.4 Å². The Labute approximate surface area is 187 Å². The monoisotopic (exact) mass is 404 g/mol. The van der Waals surface area contributed by atoms with Crippen molar-refractivity contribution in [3.8, 4) is 33.5 Å². The van der Waals surface area contributed by atoms with Crippen molar-refractivity contribution in [2.75, 3.05) is 0 Å². The zero-order chi connectivity index (χ0) is 22.7. The molecule has 0 unspecified atom stereocenters. The molecule has 1 aromatic heterocycles. The number of aryl methyl sites for hydroxylation is 4. The molecular weight excluding hydrogens is 374 g/mol. The summed E-state index contributed by atoms with van der Waals surface area (Å²) in [6.07, 6.45) is 3.86. The number of aromatic nitrogens is 1. The second-order valence-electron chi connectivity index (χ2n) is 8.93. The van der Waals surface area contributed by atoms with Crippen molar-refractivity contribution in [1.82, 2.24) is 0 Å². The van der Waals surface area contributed by atoms with Crippen molar-refractivity contribution in [1.29, 1.82) is 0 Å². The van der Waals surface area contributed by atoms with Crippen molar-refractivity contribution in [3.63, 3.8) is 0 Å². The molecule has 31 heavy (non-hydrogen) atoms. The molecule has 0 spiro atoms. The van der Waals surface area contributed by atoms with Crippen LogP contribution in [0.15, 0.2) is 72.9 Å². The summed E-state index contributed by atoms with van der Waals surface area (Å²) in [6, 6.07) is 24.0. The van der Waals surface area contributed by atoms with E-state index in [0.717, 1.165) is 24.8 Å². The first kappa shape index (κ1) is 16.5. The summed E-state index contributed by atoms with van der Waals surface area (Å²) in [5, 5.41) is 0. The first-order chi connectivity index (χ1) is 15.9. The van der Waals surface area contributed by atoms with Crippen molar-refractivity contribution in [3.05, 3.63) is 101 Å². The molecule has 0 atom stereocenters. The maximum absolute atomic E-state index is 8.97. The normalized spacial score (nSPS) is 16.7. The fraction of sp³-hybridized carbons (Fsp3) is 0.233. The highest BCUT2D eigenvalue weighted by Gasteiger charge is 2.28. The van der Waals surface area contributed by atoms with Gasteiger partial charge in [-0.2, -0.15) is 0 Å². The summed E-state index contributed by atoms with van der Waals surface area (Å²) in [4.78, 5) is 0. The van der Waals surface area contributed by atoms with Crippen LogP contribution >= 0.6 is 0 Å². The highest BCUT2D eigenvalue weighted by molar-refractivity contribution is 5.86. The number of rotatable bonds is 0. The summed E-state index contributed by atoms with van der Waals surface area (Å²) in [5.41, 5.74) is 13.3. The van der Waals surface area contributed by atoms with Gasteiger partial charge >= 0.3 is 0 Å². The van der Waals surface area contributed by atoms with E-state index < -0.39 is 6.37 Å². The van der Waals surface area contributed by atoms with Crippen LogP contribution in [0.4, 0.5) is 0 Å². The number of hydrogen-bond acceptors (Lipinski definition) is 0. The Morgan fingerprint density at radius 2 is 1.68 bits per heavy atom. The Morgan fingerprint density at radius 1 is 0.839 bits per heavy atom. The molecule has 4 aromatic rings. The highest BCUT2D eigenvalue weighted by Crippen LogP contribution is 2.44. The SMILES string of the molecule is [2H]C1([2H])CCCc2ccc(cc2)-c2cc[n+](C)c(c2)-c2c(C)ccc3c2Cc2c-3cccc21. The van der Waals surface area contributed by atoms with E-state index >= 15 is 0 Å². The van der Waals surface area contributed by atoms with Gasteiger partial charge in [-0.25, -0.2) is 4.57 Å². The van der Waals surface area contributed by atoms with Crippen LogP contribution in [0, 0.1) is 6.92 Å². The van der Waals surface area contributed by atoms with Crippen LogP contribution in [0.2, 0.25) is 0 Å². The minimum Gasteiger partial charge on any atom is -0.201 e. The van der Waals surface area contributed by atoms with E-state index in [2.05, 4.69) is 79.3 Å². The Morgan fingerprint density at radius 3 is 2.55 bits per heavy atom. The van der Waals surface area contributed by atoms with E-state index in [0.29, 0.717) is 6.42 Å². The van der Waals surface area contributed by atoms with Crippen molar-refractivity contribution in [2.24, 2.45) is 7.05 Å². The lowest BCUT2D eigenvalue weighted by atomic mass is 9.92. The summed E-state index contributed by atoms with van der Waals surface area (Å²) in [7, 11) is 2.12. The molecule has 0 N–H and O–H groups in total. The second kappa shape index (κ2) is 7.20. The van der Waals surface area contributed by atoms with Gasteiger partial charge in [0, 0.05) is 14.9 Å². The molecule has 0 fully saturated rings. The van der Waals surface area contributed by atoms with Crippen LogP contribution in [0.5, 0.6) is 0 Å². The molecule has 152 valence electrons. The van der Waals surface area contributed by atoms with Gasteiger partial charge in [0.1, 0.15) is 7.05 Å². The largest absolute Gasteiger partial charge is 0.213 e. The van der Waals surface area contributed by atoms with Gasteiger partial charge in [-0.3, -0.25) is 0 Å². The van der Waals surface area contributed by atoms with Crippen molar-refractivity contribution >= 4 is 0 Å². The third-order valence-corrected chi connectivity index (χ3v) is 6.99. The first-order valence-corrected chi connectivity index (χ1v) is 11.3. The lowest BCUT2D eigenvalue weighted by Gasteiger charge is -2.12. The van der Waals surface area contributed by atoms with Gasteiger partial charge in [0.15, 0.2) is 6.20 Å². The molecule has 6 bridgehead atoms. The predicted octanol–water partition coefficient (Wildman–Crippen LogP) is 6.60. The molecule has 3 aromatic carbocycles. The average Bonchev–Trinajstić information content (AvgIpc) is 3.18. The van der Waals surface area contributed by atoms with E-state index in [1.54, 1.807) is 0 Å². The van der Waals surface area contributed by atoms with Crippen molar-refractivity contribution < 1.29 is 7.31 Å². The number of benzene rings is 3. The third kappa shape index (κ3) is 3.03. The molecular formula is C30H28N+. The summed E-state index contributed by atoms with van der Waals surface area (Å²) in [5.74, 6) is 0. The van der Waals surface area contributed by atoms with Gasteiger partial charge in [0.25, 0.3) is 0 Å². The van der Waals surface area contributed by atoms with Crippen LogP contribution in [-0.2, 0) is 26.3 Å². The summed E-state index contributed by atoms with van der Waals surface area (Å²) >= 11 is 0. The number of pyridine rings is 1. The van der Waals surface area contributed by atoms with E-state index in [1.807, 2.05) is 12.1 Å². The maximum Gasteiger partial charge on any atom is 0.213 e. The molecule has 1 heteroatoms. The highest BCUT2D eigenvalue weighted by atomic mass is 14.9. The van der Waals surface area contributed by atoms with E-state index in [4.69, 9.17) is 2.74 Å². The van der Waals surface area contributed by atoms with Crippen LogP contribution < -0.4 is 4.57 Å². The zero-order valence-corrected chi connectivity index (χ0v) is 18.2. The van der Waals surface area contributed by atoms with Gasteiger partial charge < -0.3 is 0 Å². The minimum atomic E-state index is -1.34. The Kier molecular flexibility index (Phi) is 3.83. The molecule has 1 nitrogen and oxygen atoms in total. The fourth-order valence-corrected chi connectivity index (χ4v) is 5.31. The summed E-state index contributed by atoms with van der Waals surface area (Å²) < 4.78 is 20.2. The number of fused-ring (bicyclic) bond motifs is 6. The van der Waals surface area contributed by atoms with Gasteiger partial charge in [-0.1, -0.05) is 54.6 Å². The van der Waals surface area contributed by atoms with E-state index in [-0.39, 0.29) is 0 Å². The first-order valence-electron chi connectivity index (χ1n) is 12.3. The quantitative estimate of drug-likeness (QED) is 0.256. The number of hydrogen-bond donors (Lipinski definition) is 0. The minimum absolute atomic E-state index is 0.529. The zero-order valence-electron chi connectivity index (χ0n) is 20.2. The molecule has 1 heterocycles. The molecule has 7 rings (SSSR count). The third-order valence-electron chi connectivity index (χ3n) is 6.99. The molecule has 3 aliphatic carbocycles. The fourth-order valence-electron chi connectivity index (χ4n) is 5.31.